The van der Waals surface area contributed by atoms with Gasteiger partial charge in [0.1, 0.15) is 5.75 Å². The number of hydrogen-bond donors (Lipinski definition) is 0. The molecule has 0 saturated heterocycles. The minimum Gasteiger partial charge on any atom is -0.493 e. The van der Waals surface area contributed by atoms with Gasteiger partial charge in [-0.15, -0.1) is 0 Å². The molecule has 0 radical (unpaired) electrons. The minimum absolute atomic E-state index is 0.174. The normalized spacial score (nSPS) is 19.5. The van der Waals surface area contributed by atoms with E-state index in [1.54, 1.807) is 0 Å². The molecule has 7 heteroatoms. The van der Waals surface area contributed by atoms with Crippen molar-refractivity contribution in [3.8, 4) is 5.75 Å². The van der Waals surface area contributed by atoms with Crippen LogP contribution in [0, 0.1) is 11.8 Å². The molecule has 6 rings (SSSR count). The molecule has 4 aromatic rings. The third-order valence-corrected chi connectivity index (χ3v) is 7.81. The molecule has 41 heavy (non-hydrogen) atoms. The SMILES string of the molecule is CCCOc1ccc2ccccc2c1C(C1C(=O)N(c2ccccc2)N=C1C)C1C(=O)N(c2ccccc2)N=C1C. The van der Waals surface area contributed by atoms with Crippen molar-refractivity contribution in [3.05, 3.63) is 103 Å². The lowest BCUT2D eigenvalue weighted by Gasteiger charge is -2.31. The van der Waals surface area contributed by atoms with E-state index in [2.05, 4.69) is 6.92 Å². The Morgan fingerprint density at radius 3 is 1.76 bits per heavy atom. The molecule has 0 N–H and O–H groups in total. The number of para-hydroxylation sites is 2. The molecule has 0 bridgehead atoms. The highest BCUT2D eigenvalue weighted by Crippen LogP contribution is 2.47. The smallest absolute Gasteiger partial charge is 0.256 e. The molecular formula is C34H32N4O3. The molecule has 2 aliphatic heterocycles. The summed E-state index contributed by atoms with van der Waals surface area (Å²) in [6.07, 6.45) is 0.826. The van der Waals surface area contributed by atoms with E-state index >= 15 is 0 Å². The lowest BCUT2D eigenvalue weighted by molar-refractivity contribution is -0.122. The molecular weight excluding hydrogens is 512 g/mol. The highest BCUT2D eigenvalue weighted by Gasteiger charge is 2.51. The van der Waals surface area contributed by atoms with E-state index in [0.717, 1.165) is 22.8 Å². The van der Waals surface area contributed by atoms with Gasteiger partial charge in [-0.2, -0.15) is 10.2 Å². The predicted octanol–water partition coefficient (Wildman–Crippen LogP) is 6.79. The second-order valence-corrected chi connectivity index (χ2v) is 10.5. The summed E-state index contributed by atoms with van der Waals surface area (Å²) in [7, 11) is 0. The Bertz CT molecular complexity index is 1590. The van der Waals surface area contributed by atoms with Gasteiger partial charge < -0.3 is 4.74 Å². The summed E-state index contributed by atoms with van der Waals surface area (Å²) in [4.78, 5) is 28.6. The van der Waals surface area contributed by atoms with Gasteiger partial charge in [0.15, 0.2) is 0 Å². The Labute approximate surface area is 239 Å². The monoisotopic (exact) mass is 544 g/mol. The van der Waals surface area contributed by atoms with Gasteiger partial charge in [0.05, 0.1) is 29.8 Å². The molecule has 206 valence electrons. The average molecular weight is 545 g/mol. The largest absolute Gasteiger partial charge is 0.493 e. The summed E-state index contributed by atoms with van der Waals surface area (Å²) < 4.78 is 6.33. The molecule has 0 aromatic heterocycles. The number of nitrogens with zero attached hydrogens (tertiary/aromatic N) is 4. The molecule has 4 aromatic carbocycles. The van der Waals surface area contributed by atoms with Gasteiger partial charge in [-0.05, 0) is 61.4 Å². The first-order valence-electron chi connectivity index (χ1n) is 14.0. The second-order valence-electron chi connectivity index (χ2n) is 10.5. The van der Waals surface area contributed by atoms with E-state index < -0.39 is 17.8 Å². The van der Waals surface area contributed by atoms with E-state index in [0.29, 0.717) is 35.2 Å². The van der Waals surface area contributed by atoms with E-state index in [9.17, 15) is 9.59 Å². The molecule has 0 fully saturated rings. The van der Waals surface area contributed by atoms with Crippen molar-refractivity contribution in [1.29, 1.82) is 0 Å². The second kappa shape index (κ2) is 11.0. The van der Waals surface area contributed by atoms with Crippen molar-refractivity contribution >= 4 is 45.4 Å². The number of fused-ring (bicyclic) bond motifs is 1. The molecule has 0 saturated carbocycles. The van der Waals surface area contributed by atoms with Crippen LogP contribution in [-0.4, -0.2) is 29.8 Å². The van der Waals surface area contributed by atoms with Crippen molar-refractivity contribution in [2.24, 2.45) is 22.0 Å². The fourth-order valence-electron chi connectivity index (χ4n) is 5.98. The van der Waals surface area contributed by atoms with E-state index in [1.807, 2.05) is 111 Å². The van der Waals surface area contributed by atoms with Crippen LogP contribution in [-0.2, 0) is 9.59 Å². The number of benzene rings is 4. The highest BCUT2D eigenvalue weighted by atomic mass is 16.5. The Hall–Kier alpha value is -4.78. The molecule has 2 amide bonds. The third-order valence-electron chi connectivity index (χ3n) is 7.81. The summed E-state index contributed by atoms with van der Waals surface area (Å²) in [5.41, 5.74) is 3.51. The van der Waals surface area contributed by atoms with Crippen LogP contribution in [0.4, 0.5) is 11.4 Å². The van der Waals surface area contributed by atoms with E-state index in [4.69, 9.17) is 14.9 Å². The van der Waals surface area contributed by atoms with Crippen LogP contribution in [0.15, 0.2) is 107 Å². The fourth-order valence-corrected chi connectivity index (χ4v) is 5.98. The summed E-state index contributed by atoms with van der Waals surface area (Å²) in [6, 6.07) is 30.9. The molecule has 0 aliphatic carbocycles. The molecule has 7 nitrogen and oxygen atoms in total. The van der Waals surface area contributed by atoms with Gasteiger partial charge in [0.2, 0.25) is 0 Å². The van der Waals surface area contributed by atoms with Gasteiger partial charge in [0, 0.05) is 22.9 Å². The van der Waals surface area contributed by atoms with Crippen molar-refractivity contribution in [2.75, 3.05) is 16.6 Å². The van der Waals surface area contributed by atoms with Crippen LogP contribution in [0.2, 0.25) is 0 Å². The third kappa shape index (κ3) is 4.67. The van der Waals surface area contributed by atoms with E-state index in [1.165, 1.54) is 10.0 Å². The Kier molecular flexibility index (Phi) is 7.10. The minimum atomic E-state index is -0.695. The predicted molar refractivity (Wildman–Crippen MR) is 164 cm³/mol. The molecule has 2 unspecified atom stereocenters. The number of amides is 2. The maximum atomic E-state index is 14.3. The first-order valence-corrected chi connectivity index (χ1v) is 14.0. The van der Waals surface area contributed by atoms with Crippen LogP contribution in [0.1, 0.15) is 38.7 Å². The number of carbonyl (C=O) groups excluding carboxylic acids is 2. The number of anilines is 2. The van der Waals surface area contributed by atoms with Crippen LogP contribution < -0.4 is 14.8 Å². The zero-order valence-corrected chi connectivity index (χ0v) is 23.4. The zero-order valence-electron chi connectivity index (χ0n) is 23.4. The number of carbonyl (C=O) groups is 2. The lowest BCUT2D eigenvalue weighted by atomic mass is 9.71. The van der Waals surface area contributed by atoms with Crippen LogP contribution in [0.25, 0.3) is 10.8 Å². The quantitative estimate of drug-likeness (QED) is 0.245. The van der Waals surface area contributed by atoms with Gasteiger partial charge in [0.25, 0.3) is 11.8 Å². The van der Waals surface area contributed by atoms with Crippen molar-refractivity contribution in [1.82, 2.24) is 0 Å². The molecule has 2 atom stereocenters. The topological polar surface area (TPSA) is 74.6 Å². The van der Waals surface area contributed by atoms with Crippen molar-refractivity contribution in [3.63, 3.8) is 0 Å². The van der Waals surface area contributed by atoms with Crippen LogP contribution in [0.5, 0.6) is 5.75 Å². The first kappa shape index (κ1) is 26.4. The highest BCUT2D eigenvalue weighted by molar-refractivity contribution is 6.20. The summed E-state index contributed by atoms with van der Waals surface area (Å²) in [6.45, 7) is 6.32. The van der Waals surface area contributed by atoms with Crippen molar-refractivity contribution < 1.29 is 14.3 Å². The molecule has 2 aliphatic rings. The van der Waals surface area contributed by atoms with Gasteiger partial charge >= 0.3 is 0 Å². The maximum absolute atomic E-state index is 14.3. The lowest BCUT2D eigenvalue weighted by Crippen LogP contribution is -2.40. The number of ether oxygens (including phenoxy) is 1. The number of rotatable bonds is 8. The fraction of sp³-hybridized carbons (Fsp3) is 0.235. The Morgan fingerprint density at radius 1 is 0.707 bits per heavy atom. The Balaban J connectivity index is 1.55. The van der Waals surface area contributed by atoms with E-state index in [-0.39, 0.29) is 11.8 Å². The summed E-state index contributed by atoms with van der Waals surface area (Å²) >= 11 is 0. The van der Waals surface area contributed by atoms with Gasteiger partial charge in [-0.3, -0.25) is 9.59 Å². The van der Waals surface area contributed by atoms with Gasteiger partial charge in [-0.1, -0.05) is 73.7 Å². The number of hydrazone groups is 2. The molecule has 2 heterocycles. The number of hydrogen-bond acceptors (Lipinski definition) is 5. The maximum Gasteiger partial charge on any atom is 0.256 e. The summed E-state index contributed by atoms with van der Waals surface area (Å²) in [5.74, 6) is -1.66. The standard InChI is InChI=1S/C34H32N4O3/c1-4-21-41-28-20-19-24-13-11-12-18-27(24)31(28)32(29-22(2)35-37(33(29)39)25-14-7-5-8-15-25)30-23(3)36-38(34(30)40)26-16-9-6-10-17-26/h5-20,29-30,32H,4,21H2,1-3H3. The zero-order chi connectivity index (χ0) is 28.5. The Morgan fingerprint density at radius 2 is 1.22 bits per heavy atom. The van der Waals surface area contributed by atoms with Crippen molar-refractivity contribution in [2.45, 2.75) is 33.1 Å². The average Bonchev–Trinajstić information content (AvgIpc) is 3.47. The molecule has 0 spiro atoms. The van der Waals surface area contributed by atoms with Crippen LogP contribution in [0.3, 0.4) is 0 Å². The van der Waals surface area contributed by atoms with Gasteiger partial charge in [-0.25, -0.2) is 10.0 Å². The first-order chi connectivity index (χ1) is 20.0. The van der Waals surface area contributed by atoms with Crippen LogP contribution >= 0.6 is 0 Å². The summed E-state index contributed by atoms with van der Waals surface area (Å²) in [5, 5.41) is 14.4.